The Morgan fingerprint density at radius 1 is 1.47 bits per heavy atom. The first-order chi connectivity index (χ1) is 6.85. The van der Waals surface area contributed by atoms with Gasteiger partial charge in [-0.25, -0.2) is 4.39 Å². The van der Waals surface area contributed by atoms with Crippen molar-refractivity contribution in [1.82, 2.24) is 0 Å². The molecule has 0 radical (unpaired) electrons. The molecule has 0 aliphatic heterocycles. The third kappa shape index (κ3) is 2.99. The van der Waals surface area contributed by atoms with Gasteiger partial charge in [-0.05, 0) is 26.3 Å². The van der Waals surface area contributed by atoms with Crippen LogP contribution in [0.2, 0.25) is 5.02 Å². The van der Waals surface area contributed by atoms with Crippen LogP contribution in [0.15, 0.2) is 12.1 Å². The van der Waals surface area contributed by atoms with Crippen LogP contribution in [0.5, 0.6) is 0 Å². The van der Waals surface area contributed by atoms with E-state index >= 15 is 0 Å². The lowest BCUT2D eigenvalue weighted by atomic mass is 10.0. The van der Waals surface area contributed by atoms with E-state index in [1.54, 1.807) is 0 Å². The molecule has 1 aromatic rings. The third-order valence-electron chi connectivity index (χ3n) is 2.45. The van der Waals surface area contributed by atoms with E-state index in [0.29, 0.717) is 11.4 Å². The Morgan fingerprint density at radius 3 is 2.60 bits per heavy atom. The molecule has 0 bridgehead atoms. The van der Waals surface area contributed by atoms with Crippen LogP contribution < -0.4 is 11.1 Å². The van der Waals surface area contributed by atoms with E-state index < -0.39 is 5.82 Å². The molecule has 0 fully saturated rings. The zero-order chi connectivity index (χ0) is 11.6. The second-order valence-corrected chi connectivity index (χ2v) is 4.62. The van der Waals surface area contributed by atoms with Gasteiger partial charge in [0.2, 0.25) is 0 Å². The summed E-state index contributed by atoms with van der Waals surface area (Å²) in [6.07, 6.45) is 0.932. The maximum Gasteiger partial charge on any atom is 0.143 e. The molecule has 0 saturated carbocycles. The van der Waals surface area contributed by atoms with E-state index in [1.165, 1.54) is 12.1 Å². The number of nitrogens with two attached hydrogens (primary N) is 1. The van der Waals surface area contributed by atoms with Gasteiger partial charge in [0.25, 0.3) is 0 Å². The fourth-order valence-corrected chi connectivity index (χ4v) is 1.29. The summed E-state index contributed by atoms with van der Waals surface area (Å²) in [5.74, 6) is -0.492. The number of hydrogen-bond acceptors (Lipinski definition) is 2. The van der Waals surface area contributed by atoms with E-state index in [1.807, 2.05) is 13.8 Å². The molecule has 0 aliphatic carbocycles. The molecular formula is C11H16ClFN2. The predicted molar refractivity (Wildman–Crippen MR) is 63.8 cm³/mol. The minimum Gasteiger partial charge on any atom is -0.397 e. The summed E-state index contributed by atoms with van der Waals surface area (Å²) in [4.78, 5) is 0. The highest BCUT2D eigenvalue weighted by Gasteiger charge is 2.16. The summed E-state index contributed by atoms with van der Waals surface area (Å²) in [5, 5.41) is 3.31. The molecule has 15 heavy (non-hydrogen) atoms. The summed E-state index contributed by atoms with van der Waals surface area (Å²) in [6.45, 7) is 6.15. The molecule has 0 aromatic heterocycles. The Hall–Kier alpha value is -0.960. The van der Waals surface area contributed by atoms with Crippen molar-refractivity contribution in [2.45, 2.75) is 32.7 Å². The number of rotatable bonds is 3. The molecule has 2 nitrogen and oxygen atoms in total. The fourth-order valence-electron chi connectivity index (χ4n) is 1.12. The summed E-state index contributed by atoms with van der Waals surface area (Å²) >= 11 is 5.69. The molecule has 3 N–H and O–H groups in total. The molecule has 0 unspecified atom stereocenters. The summed E-state index contributed by atoms with van der Waals surface area (Å²) < 4.78 is 13.0. The van der Waals surface area contributed by atoms with E-state index in [4.69, 9.17) is 17.3 Å². The average Bonchev–Trinajstić information content (AvgIpc) is 2.14. The van der Waals surface area contributed by atoms with Crippen molar-refractivity contribution in [3.8, 4) is 0 Å². The van der Waals surface area contributed by atoms with Crippen molar-refractivity contribution in [1.29, 1.82) is 0 Å². The first kappa shape index (κ1) is 12.1. The summed E-state index contributed by atoms with van der Waals surface area (Å²) in [7, 11) is 0. The van der Waals surface area contributed by atoms with Crippen molar-refractivity contribution in [2.24, 2.45) is 0 Å². The smallest absolute Gasteiger partial charge is 0.143 e. The topological polar surface area (TPSA) is 38.0 Å². The standard InChI is InChI=1S/C11H16ClFN2/c1-4-11(2,3)15-10-5-7(12)8(13)6-9(10)14/h5-6,15H,4,14H2,1-3H3. The van der Waals surface area contributed by atoms with Gasteiger partial charge in [-0.2, -0.15) is 0 Å². The molecule has 4 heteroatoms. The van der Waals surface area contributed by atoms with Crippen LogP contribution in [0, 0.1) is 5.82 Å². The monoisotopic (exact) mass is 230 g/mol. The van der Waals surface area contributed by atoms with Crippen LogP contribution in [-0.4, -0.2) is 5.54 Å². The molecule has 0 atom stereocenters. The van der Waals surface area contributed by atoms with Gasteiger partial charge in [-0.3, -0.25) is 0 Å². The number of anilines is 2. The summed E-state index contributed by atoms with van der Waals surface area (Å²) in [6, 6.07) is 2.75. The third-order valence-corrected chi connectivity index (χ3v) is 2.74. The number of benzene rings is 1. The Balaban J connectivity index is 3.01. The highest BCUT2D eigenvalue weighted by atomic mass is 35.5. The van der Waals surface area contributed by atoms with E-state index in [0.717, 1.165) is 6.42 Å². The lowest BCUT2D eigenvalue weighted by Gasteiger charge is -2.26. The molecule has 1 rings (SSSR count). The van der Waals surface area contributed by atoms with Crippen molar-refractivity contribution in [3.05, 3.63) is 23.0 Å². The van der Waals surface area contributed by atoms with Crippen LogP contribution >= 0.6 is 11.6 Å². The van der Waals surface area contributed by atoms with Crippen molar-refractivity contribution in [3.63, 3.8) is 0 Å². The van der Waals surface area contributed by atoms with Gasteiger partial charge in [0.05, 0.1) is 16.4 Å². The van der Waals surface area contributed by atoms with Crippen LogP contribution in [0.4, 0.5) is 15.8 Å². The minimum atomic E-state index is -0.492. The maximum atomic E-state index is 13.0. The highest BCUT2D eigenvalue weighted by Crippen LogP contribution is 2.29. The first-order valence-corrected chi connectivity index (χ1v) is 5.26. The van der Waals surface area contributed by atoms with Crippen molar-refractivity contribution >= 4 is 23.0 Å². The molecule has 0 spiro atoms. The lowest BCUT2D eigenvalue weighted by molar-refractivity contribution is 0.547. The van der Waals surface area contributed by atoms with Crippen molar-refractivity contribution in [2.75, 3.05) is 11.1 Å². The quantitative estimate of drug-likeness (QED) is 0.778. The van der Waals surface area contributed by atoms with E-state index in [2.05, 4.69) is 12.2 Å². The normalized spacial score (nSPS) is 11.5. The van der Waals surface area contributed by atoms with Crippen LogP contribution in [0.25, 0.3) is 0 Å². The van der Waals surface area contributed by atoms with Gasteiger partial charge in [0, 0.05) is 11.6 Å². The SMILES string of the molecule is CCC(C)(C)Nc1cc(Cl)c(F)cc1N. The first-order valence-electron chi connectivity index (χ1n) is 4.88. The van der Waals surface area contributed by atoms with E-state index in [-0.39, 0.29) is 10.6 Å². The molecule has 84 valence electrons. The second-order valence-electron chi connectivity index (χ2n) is 4.22. The molecule has 0 aliphatic rings. The Bertz CT molecular complexity index is 364. The van der Waals surface area contributed by atoms with Gasteiger partial charge in [-0.15, -0.1) is 0 Å². The Labute approximate surface area is 94.6 Å². The number of nitrogen functional groups attached to an aromatic ring is 1. The zero-order valence-electron chi connectivity index (χ0n) is 9.20. The second kappa shape index (κ2) is 4.27. The molecule has 0 heterocycles. The van der Waals surface area contributed by atoms with Crippen LogP contribution in [0.1, 0.15) is 27.2 Å². The van der Waals surface area contributed by atoms with Crippen LogP contribution in [-0.2, 0) is 0 Å². The predicted octanol–water partition coefficient (Wildman–Crippen LogP) is 3.66. The molecule has 0 amide bonds. The summed E-state index contributed by atoms with van der Waals surface area (Å²) in [5.41, 5.74) is 6.65. The zero-order valence-corrected chi connectivity index (χ0v) is 9.95. The van der Waals surface area contributed by atoms with Crippen LogP contribution in [0.3, 0.4) is 0 Å². The minimum absolute atomic E-state index is 0.0820. The van der Waals surface area contributed by atoms with Gasteiger partial charge in [0.1, 0.15) is 5.82 Å². The molecule has 0 saturated heterocycles. The maximum absolute atomic E-state index is 13.0. The fraction of sp³-hybridized carbons (Fsp3) is 0.455. The van der Waals surface area contributed by atoms with Gasteiger partial charge < -0.3 is 11.1 Å². The van der Waals surface area contributed by atoms with Gasteiger partial charge in [-0.1, -0.05) is 18.5 Å². The Morgan fingerprint density at radius 2 is 2.07 bits per heavy atom. The van der Waals surface area contributed by atoms with Gasteiger partial charge >= 0.3 is 0 Å². The molecule has 1 aromatic carbocycles. The number of halogens is 2. The number of nitrogens with one attached hydrogen (secondary N) is 1. The van der Waals surface area contributed by atoms with Gasteiger partial charge in [0.15, 0.2) is 0 Å². The average molecular weight is 231 g/mol. The number of hydrogen-bond donors (Lipinski definition) is 2. The Kier molecular flexibility index (Phi) is 3.45. The molecular weight excluding hydrogens is 215 g/mol. The lowest BCUT2D eigenvalue weighted by Crippen LogP contribution is -2.30. The van der Waals surface area contributed by atoms with E-state index in [9.17, 15) is 4.39 Å². The largest absolute Gasteiger partial charge is 0.397 e. The highest BCUT2D eigenvalue weighted by molar-refractivity contribution is 6.31. The van der Waals surface area contributed by atoms with Crippen molar-refractivity contribution < 1.29 is 4.39 Å².